The summed E-state index contributed by atoms with van der Waals surface area (Å²) < 4.78 is 5.36. The first kappa shape index (κ1) is 15.8. The average Bonchev–Trinajstić information content (AvgIpc) is 3.00. The van der Waals surface area contributed by atoms with E-state index in [0.29, 0.717) is 13.2 Å². The highest BCUT2D eigenvalue weighted by Gasteiger charge is 2.22. The van der Waals surface area contributed by atoms with Crippen LogP contribution in [0.3, 0.4) is 0 Å². The summed E-state index contributed by atoms with van der Waals surface area (Å²) in [5.74, 6) is 0.000634. The number of carbonyl (C=O) groups excluding carboxylic acids is 1. The number of carbonyl (C=O) groups is 1. The Labute approximate surface area is 126 Å². The van der Waals surface area contributed by atoms with E-state index in [2.05, 4.69) is 29.6 Å². The second-order valence-electron chi connectivity index (χ2n) is 5.65. The van der Waals surface area contributed by atoms with E-state index in [-0.39, 0.29) is 12.0 Å². The van der Waals surface area contributed by atoms with Gasteiger partial charge in [0.05, 0.1) is 0 Å². The molecule has 1 fully saturated rings. The minimum absolute atomic E-state index is 0.000634. The molecule has 2 N–H and O–H groups in total. The summed E-state index contributed by atoms with van der Waals surface area (Å²) in [5.41, 5.74) is 2.20. The topological polar surface area (TPSA) is 53.6 Å². The van der Waals surface area contributed by atoms with E-state index in [4.69, 9.17) is 4.74 Å². The SMILES string of the molecule is CN(C)CCNc1ccc(CNC(=O)[C@H]2CCCO2)cc1. The molecule has 0 saturated carbocycles. The van der Waals surface area contributed by atoms with E-state index in [1.807, 2.05) is 24.3 Å². The second-order valence-corrected chi connectivity index (χ2v) is 5.65. The van der Waals surface area contributed by atoms with Crippen molar-refractivity contribution in [3.8, 4) is 0 Å². The molecule has 1 atom stereocenters. The number of hydrogen-bond donors (Lipinski definition) is 2. The molecular formula is C16H25N3O2. The second kappa shape index (κ2) is 8.00. The van der Waals surface area contributed by atoms with Gasteiger partial charge >= 0.3 is 0 Å². The van der Waals surface area contributed by atoms with Gasteiger partial charge in [-0.25, -0.2) is 0 Å². The van der Waals surface area contributed by atoms with Crippen LogP contribution >= 0.6 is 0 Å². The van der Waals surface area contributed by atoms with Crippen molar-refractivity contribution in [3.05, 3.63) is 29.8 Å². The van der Waals surface area contributed by atoms with Crippen LogP contribution in [0.25, 0.3) is 0 Å². The Kier molecular flexibility index (Phi) is 6.02. The smallest absolute Gasteiger partial charge is 0.249 e. The van der Waals surface area contributed by atoms with Gasteiger partial charge in [-0.05, 0) is 44.6 Å². The largest absolute Gasteiger partial charge is 0.384 e. The number of rotatable bonds is 7. The van der Waals surface area contributed by atoms with E-state index < -0.39 is 0 Å². The fourth-order valence-corrected chi connectivity index (χ4v) is 2.25. The van der Waals surface area contributed by atoms with E-state index in [1.54, 1.807) is 0 Å². The summed E-state index contributed by atoms with van der Waals surface area (Å²) in [6.07, 6.45) is 1.56. The normalized spacial score (nSPS) is 18.0. The van der Waals surface area contributed by atoms with Crippen molar-refractivity contribution >= 4 is 11.6 Å². The van der Waals surface area contributed by atoms with Gasteiger partial charge in [0.15, 0.2) is 0 Å². The number of nitrogens with zero attached hydrogens (tertiary/aromatic N) is 1. The maximum absolute atomic E-state index is 11.8. The Morgan fingerprint density at radius 2 is 2.10 bits per heavy atom. The van der Waals surface area contributed by atoms with Crippen LogP contribution in [0.5, 0.6) is 0 Å². The number of hydrogen-bond acceptors (Lipinski definition) is 4. The number of anilines is 1. The van der Waals surface area contributed by atoms with Crippen molar-refractivity contribution < 1.29 is 9.53 Å². The summed E-state index contributed by atoms with van der Waals surface area (Å²) in [6, 6.07) is 8.16. The standard InChI is InChI=1S/C16H25N3O2/c1-19(2)10-9-17-14-7-5-13(6-8-14)12-18-16(20)15-4-3-11-21-15/h5-8,15,17H,3-4,9-12H2,1-2H3,(H,18,20)/t15-/m1/s1. The van der Waals surface area contributed by atoms with Crippen LogP contribution in [0, 0.1) is 0 Å². The third kappa shape index (κ3) is 5.36. The van der Waals surface area contributed by atoms with E-state index in [0.717, 1.165) is 37.2 Å². The Hall–Kier alpha value is -1.59. The molecular weight excluding hydrogens is 266 g/mol. The number of ether oxygens (including phenoxy) is 1. The van der Waals surface area contributed by atoms with E-state index in [1.165, 1.54) is 0 Å². The predicted molar refractivity (Wildman–Crippen MR) is 84.3 cm³/mol. The lowest BCUT2D eigenvalue weighted by molar-refractivity contribution is -0.130. The minimum atomic E-state index is -0.253. The van der Waals surface area contributed by atoms with E-state index in [9.17, 15) is 4.79 Å². The highest BCUT2D eigenvalue weighted by Crippen LogP contribution is 2.13. The highest BCUT2D eigenvalue weighted by atomic mass is 16.5. The summed E-state index contributed by atoms with van der Waals surface area (Å²) in [4.78, 5) is 14.0. The number of likely N-dealkylation sites (N-methyl/N-ethyl adjacent to an activating group) is 1. The van der Waals surface area contributed by atoms with Crippen molar-refractivity contribution in [1.82, 2.24) is 10.2 Å². The first-order valence-corrected chi connectivity index (χ1v) is 7.52. The monoisotopic (exact) mass is 291 g/mol. The van der Waals surface area contributed by atoms with Crippen LogP contribution in [-0.2, 0) is 16.1 Å². The molecule has 1 aromatic carbocycles. The zero-order valence-electron chi connectivity index (χ0n) is 12.9. The van der Waals surface area contributed by atoms with Crippen molar-refractivity contribution in [2.75, 3.05) is 39.1 Å². The summed E-state index contributed by atoms with van der Waals surface area (Å²) in [5, 5.41) is 6.29. The molecule has 0 radical (unpaired) electrons. The molecule has 1 aliphatic rings. The molecule has 1 aromatic rings. The quantitative estimate of drug-likeness (QED) is 0.798. The molecule has 5 heteroatoms. The molecule has 0 unspecified atom stereocenters. The predicted octanol–water partition coefficient (Wildman–Crippen LogP) is 1.46. The first-order chi connectivity index (χ1) is 10.1. The molecule has 2 rings (SSSR count). The zero-order valence-corrected chi connectivity index (χ0v) is 12.9. The number of amides is 1. The van der Waals surface area contributed by atoms with Gasteiger partial charge in [0.1, 0.15) is 6.10 Å². The fraction of sp³-hybridized carbons (Fsp3) is 0.562. The highest BCUT2D eigenvalue weighted by molar-refractivity contribution is 5.80. The molecule has 0 aromatic heterocycles. The van der Waals surface area contributed by atoms with Crippen LogP contribution in [0.15, 0.2) is 24.3 Å². The molecule has 1 amide bonds. The van der Waals surface area contributed by atoms with Gasteiger partial charge in [-0.2, -0.15) is 0 Å². The molecule has 0 bridgehead atoms. The van der Waals surface area contributed by atoms with Crippen LogP contribution in [-0.4, -0.2) is 50.7 Å². The average molecular weight is 291 g/mol. The van der Waals surface area contributed by atoms with Gasteiger partial charge in [-0.1, -0.05) is 12.1 Å². The lowest BCUT2D eigenvalue weighted by Gasteiger charge is -2.12. The van der Waals surface area contributed by atoms with Gasteiger partial charge in [-0.3, -0.25) is 4.79 Å². The third-order valence-corrected chi connectivity index (χ3v) is 3.53. The molecule has 5 nitrogen and oxygen atoms in total. The van der Waals surface area contributed by atoms with Gasteiger partial charge in [0.25, 0.3) is 0 Å². The van der Waals surface area contributed by atoms with Crippen LogP contribution in [0.1, 0.15) is 18.4 Å². The van der Waals surface area contributed by atoms with Crippen molar-refractivity contribution in [3.63, 3.8) is 0 Å². The lowest BCUT2D eigenvalue weighted by Crippen LogP contribution is -2.33. The van der Waals surface area contributed by atoms with Crippen molar-refractivity contribution in [2.24, 2.45) is 0 Å². The molecule has 1 heterocycles. The number of benzene rings is 1. The third-order valence-electron chi connectivity index (χ3n) is 3.53. The molecule has 116 valence electrons. The van der Waals surface area contributed by atoms with Gasteiger partial charge in [0, 0.05) is 31.9 Å². The van der Waals surface area contributed by atoms with Crippen molar-refractivity contribution in [1.29, 1.82) is 0 Å². The molecule has 1 aliphatic heterocycles. The molecule has 0 aliphatic carbocycles. The molecule has 1 saturated heterocycles. The maximum Gasteiger partial charge on any atom is 0.249 e. The Bertz CT molecular complexity index is 439. The maximum atomic E-state index is 11.8. The number of nitrogens with one attached hydrogen (secondary N) is 2. The molecule has 0 spiro atoms. The van der Waals surface area contributed by atoms with Crippen LogP contribution < -0.4 is 10.6 Å². The Balaban J connectivity index is 1.72. The minimum Gasteiger partial charge on any atom is -0.384 e. The summed E-state index contributed by atoms with van der Waals surface area (Å²) in [7, 11) is 4.11. The zero-order chi connectivity index (χ0) is 15.1. The first-order valence-electron chi connectivity index (χ1n) is 7.52. The fourth-order valence-electron chi connectivity index (χ4n) is 2.25. The Morgan fingerprint density at radius 1 is 1.33 bits per heavy atom. The van der Waals surface area contributed by atoms with Gasteiger partial charge < -0.3 is 20.3 Å². The van der Waals surface area contributed by atoms with Crippen LogP contribution in [0.4, 0.5) is 5.69 Å². The van der Waals surface area contributed by atoms with Gasteiger partial charge in [-0.15, -0.1) is 0 Å². The molecule has 21 heavy (non-hydrogen) atoms. The van der Waals surface area contributed by atoms with E-state index >= 15 is 0 Å². The Morgan fingerprint density at radius 3 is 2.71 bits per heavy atom. The van der Waals surface area contributed by atoms with Crippen LogP contribution in [0.2, 0.25) is 0 Å². The van der Waals surface area contributed by atoms with Gasteiger partial charge in [0.2, 0.25) is 5.91 Å². The lowest BCUT2D eigenvalue weighted by atomic mass is 10.2. The summed E-state index contributed by atoms with van der Waals surface area (Å²) in [6.45, 7) is 3.17. The summed E-state index contributed by atoms with van der Waals surface area (Å²) >= 11 is 0. The van der Waals surface area contributed by atoms with Crippen molar-refractivity contribution in [2.45, 2.75) is 25.5 Å².